The fourth-order valence-corrected chi connectivity index (χ4v) is 5.20. The van der Waals surface area contributed by atoms with Gasteiger partial charge in [0.25, 0.3) is 0 Å². The molecule has 2 aliphatic rings. The van der Waals surface area contributed by atoms with Crippen molar-refractivity contribution in [3.05, 3.63) is 23.2 Å². The van der Waals surface area contributed by atoms with Gasteiger partial charge in [-0.05, 0) is 18.6 Å². The predicted octanol–water partition coefficient (Wildman–Crippen LogP) is -0.496. The monoisotopic (exact) mass is 429 g/mol. The van der Waals surface area contributed by atoms with E-state index in [4.69, 9.17) is 17.3 Å². The maximum absolute atomic E-state index is 12.9. The highest BCUT2D eigenvalue weighted by molar-refractivity contribution is 7.89. The lowest BCUT2D eigenvalue weighted by molar-refractivity contribution is -0.133. The molecule has 0 spiro atoms. The molecule has 0 unspecified atom stereocenters. The molecular weight excluding hydrogens is 406 g/mol. The number of amides is 2. The second-order valence-electron chi connectivity index (χ2n) is 6.72. The molecule has 2 saturated heterocycles. The van der Waals surface area contributed by atoms with Gasteiger partial charge in [-0.2, -0.15) is 4.72 Å². The second kappa shape index (κ2) is 8.75. The molecule has 0 aromatic heterocycles. The van der Waals surface area contributed by atoms with Crippen LogP contribution in [0.2, 0.25) is 5.02 Å². The minimum atomic E-state index is -4.12. The van der Waals surface area contributed by atoms with Crippen molar-refractivity contribution < 1.29 is 18.0 Å². The van der Waals surface area contributed by atoms with E-state index in [1.165, 1.54) is 17.0 Å². The smallest absolute Gasteiger partial charge is 0.242 e. The number of nitrogens with two attached hydrogens (primary N) is 1. The van der Waals surface area contributed by atoms with Crippen molar-refractivity contribution in [3.8, 4) is 0 Å². The molecule has 0 saturated carbocycles. The van der Waals surface area contributed by atoms with Crippen LogP contribution in [0.1, 0.15) is 12.8 Å². The molecule has 1 atom stereocenters. The summed E-state index contributed by atoms with van der Waals surface area (Å²) in [5.74, 6) is -0.465. The molecule has 0 bridgehead atoms. The van der Waals surface area contributed by atoms with Crippen LogP contribution in [-0.2, 0) is 19.6 Å². The van der Waals surface area contributed by atoms with Gasteiger partial charge >= 0.3 is 0 Å². The largest absolute Gasteiger partial charge is 0.339 e. The van der Waals surface area contributed by atoms with E-state index in [2.05, 4.69) is 10.0 Å². The standard InChI is InChI=1S/C17H24ClN5O4S/c18-16-13(23-8-2-5-15(23)24)3-1-4-14(16)28(26,27)21-12(11-19)17(25)22-9-6-20-7-10-22/h1,3-4,12,20-21H,2,5-11,19H2/t12-/m0/s1. The average Bonchev–Trinajstić information content (AvgIpc) is 3.12. The predicted molar refractivity (Wildman–Crippen MR) is 106 cm³/mol. The minimum Gasteiger partial charge on any atom is -0.339 e. The summed E-state index contributed by atoms with van der Waals surface area (Å²) in [7, 11) is -4.12. The molecule has 11 heteroatoms. The van der Waals surface area contributed by atoms with Crippen molar-refractivity contribution >= 4 is 39.1 Å². The zero-order valence-corrected chi connectivity index (χ0v) is 16.9. The zero-order chi connectivity index (χ0) is 20.3. The molecular formula is C17H24ClN5O4S. The number of rotatable bonds is 6. The van der Waals surface area contributed by atoms with Crippen molar-refractivity contribution in [1.29, 1.82) is 0 Å². The van der Waals surface area contributed by atoms with Crippen LogP contribution in [0.3, 0.4) is 0 Å². The topological polar surface area (TPSA) is 125 Å². The van der Waals surface area contributed by atoms with Crippen molar-refractivity contribution in [2.24, 2.45) is 5.73 Å². The van der Waals surface area contributed by atoms with Gasteiger partial charge < -0.3 is 20.9 Å². The first-order valence-corrected chi connectivity index (χ1v) is 11.0. The highest BCUT2D eigenvalue weighted by atomic mass is 35.5. The van der Waals surface area contributed by atoms with Crippen LogP contribution < -0.4 is 20.7 Å². The van der Waals surface area contributed by atoms with Crippen LogP contribution >= 0.6 is 11.6 Å². The maximum atomic E-state index is 12.9. The van der Waals surface area contributed by atoms with Gasteiger partial charge in [-0.25, -0.2) is 8.42 Å². The highest BCUT2D eigenvalue weighted by Crippen LogP contribution is 2.34. The third-order valence-corrected chi connectivity index (χ3v) is 6.88. The molecule has 28 heavy (non-hydrogen) atoms. The number of hydrogen-bond acceptors (Lipinski definition) is 6. The zero-order valence-electron chi connectivity index (χ0n) is 15.4. The molecule has 0 aliphatic carbocycles. The average molecular weight is 430 g/mol. The number of carbonyl (C=O) groups is 2. The van der Waals surface area contributed by atoms with E-state index in [1.807, 2.05) is 0 Å². The number of halogens is 1. The Kier molecular flexibility index (Phi) is 6.56. The van der Waals surface area contributed by atoms with E-state index in [0.29, 0.717) is 51.3 Å². The summed E-state index contributed by atoms with van der Waals surface area (Å²) in [6.45, 7) is 2.59. The minimum absolute atomic E-state index is 0.0457. The normalized spacial score (nSPS) is 19.1. The maximum Gasteiger partial charge on any atom is 0.242 e. The van der Waals surface area contributed by atoms with Gasteiger partial charge in [-0.1, -0.05) is 17.7 Å². The molecule has 3 rings (SSSR count). The van der Waals surface area contributed by atoms with E-state index in [-0.39, 0.29) is 28.3 Å². The number of nitrogens with one attached hydrogen (secondary N) is 2. The van der Waals surface area contributed by atoms with Crippen LogP contribution in [0.5, 0.6) is 0 Å². The number of anilines is 1. The molecule has 2 aliphatic heterocycles. The fourth-order valence-electron chi connectivity index (χ4n) is 3.37. The SMILES string of the molecule is NC[C@H](NS(=O)(=O)c1cccc(N2CCCC2=O)c1Cl)C(=O)N1CCNCC1. The lowest BCUT2D eigenvalue weighted by Gasteiger charge is -2.30. The first-order valence-electron chi connectivity index (χ1n) is 9.16. The van der Waals surface area contributed by atoms with Crippen LogP contribution in [0, 0.1) is 0 Å². The van der Waals surface area contributed by atoms with Gasteiger partial charge in [0.2, 0.25) is 21.8 Å². The number of sulfonamides is 1. The lowest BCUT2D eigenvalue weighted by atomic mass is 10.2. The lowest BCUT2D eigenvalue weighted by Crippen LogP contribution is -2.56. The Morgan fingerprint density at radius 1 is 1.29 bits per heavy atom. The van der Waals surface area contributed by atoms with E-state index in [1.54, 1.807) is 11.0 Å². The quantitative estimate of drug-likeness (QED) is 0.560. The van der Waals surface area contributed by atoms with E-state index >= 15 is 0 Å². The molecule has 9 nitrogen and oxygen atoms in total. The van der Waals surface area contributed by atoms with Gasteiger partial charge in [-0.3, -0.25) is 9.59 Å². The summed E-state index contributed by atoms with van der Waals surface area (Å²) in [6, 6.07) is 3.39. The van der Waals surface area contributed by atoms with Crippen LogP contribution in [0.4, 0.5) is 5.69 Å². The molecule has 1 aromatic carbocycles. The Labute approximate surface area is 169 Å². The van der Waals surface area contributed by atoms with Crippen molar-refractivity contribution in [1.82, 2.24) is 14.9 Å². The molecule has 1 aromatic rings. The number of nitrogens with zero attached hydrogens (tertiary/aromatic N) is 2. The van der Waals surface area contributed by atoms with Crippen molar-refractivity contribution in [3.63, 3.8) is 0 Å². The summed E-state index contributed by atoms with van der Waals surface area (Å²) < 4.78 is 28.2. The number of carbonyl (C=O) groups excluding carboxylic acids is 2. The van der Waals surface area contributed by atoms with E-state index in [0.717, 1.165) is 0 Å². The number of benzene rings is 1. The molecule has 154 valence electrons. The van der Waals surface area contributed by atoms with Crippen LogP contribution in [0.15, 0.2) is 23.1 Å². The third-order valence-electron chi connectivity index (χ3n) is 4.86. The van der Waals surface area contributed by atoms with Gasteiger partial charge in [-0.15, -0.1) is 0 Å². The summed E-state index contributed by atoms with van der Waals surface area (Å²) in [5.41, 5.74) is 6.03. The van der Waals surface area contributed by atoms with Gasteiger partial charge in [0.05, 0.1) is 10.7 Å². The van der Waals surface area contributed by atoms with Crippen molar-refractivity contribution in [2.45, 2.75) is 23.8 Å². The number of hydrogen-bond donors (Lipinski definition) is 3. The second-order valence-corrected chi connectivity index (χ2v) is 8.78. The van der Waals surface area contributed by atoms with Crippen LogP contribution in [-0.4, -0.2) is 70.4 Å². The van der Waals surface area contributed by atoms with Crippen LogP contribution in [0.25, 0.3) is 0 Å². The molecule has 4 N–H and O–H groups in total. The third kappa shape index (κ3) is 4.31. The van der Waals surface area contributed by atoms with Gasteiger partial charge in [0.15, 0.2) is 0 Å². The van der Waals surface area contributed by atoms with Gasteiger partial charge in [0.1, 0.15) is 10.9 Å². The van der Waals surface area contributed by atoms with Crippen molar-refractivity contribution in [2.75, 3.05) is 44.2 Å². The molecule has 2 amide bonds. The summed E-state index contributed by atoms with van der Waals surface area (Å²) in [5, 5.41) is 3.09. The molecule has 2 heterocycles. The summed E-state index contributed by atoms with van der Waals surface area (Å²) in [6.07, 6.45) is 1.10. The summed E-state index contributed by atoms with van der Waals surface area (Å²) in [4.78, 5) is 27.5. The summed E-state index contributed by atoms with van der Waals surface area (Å²) >= 11 is 6.35. The Bertz CT molecular complexity index is 857. The number of piperazine rings is 1. The Hall–Kier alpha value is -1.72. The van der Waals surface area contributed by atoms with E-state index in [9.17, 15) is 18.0 Å². The first-order chi connectivity index (χ1) is 13.3. The fraction of sp³-hybridized carbons (Fsp3) is 0.529. The Morgan fingerprint density at radius 2 is 2.00 bits per heavy atom. The Balaban J connectivity index is 1.83. The Morgan fingerprint density at radius 3 is 2.61 bits per heavy atom. The van der Waals surface area contributed by atoms with E-state index < -0.39 is 16.1 Å². The van der Waals surface area contributed by atoms with Gasteiger partial charge in [0, 0.05) is 45.7 Å². The molecule has 2 fully saturated rings. The molecule has 0 radical (unpaired) electrons. The highest BCUT2D eigenvalue weighted by Gasteiger charge is 2.32. The first kappa shape index (κ1) is 21.0.